The van der Waals surface area contributed by atoms with E-state index in [9.17, 15) is 14.7 Å². The quantitative estimate of drug-likeness (QED) is 0.655. The Morgan fingerprint density at radius 2 is 1.89 bits per heavy atom. The topological polar surface area (TPSA) is 87.7 Å². The molecule has 0 saturated carbocycles. The van der Waals surface area contributed by atoms with E-state index in [1.54, 1.807) is 12.1 Å². The van der Waals surface area contributed by atoms with Gasteiger partial charge in [-0.25, -0.2) is 0 Å². The highest BCUT2D eigenvalue weighted by molar-refractivity contribution is 5.94. The van der Waals surface area contributed by atoms with Crippen LogP contribution in [0, 0.1) is 0 Å². The lowest BCUT2D eigenvalue weighted by molar-refractivity contribution is -0.124. The van der Waals surface area contributed by atoms with Crippen LogP contribution in [-0.2, 0) is 16.0 Å². The van der Waals surface area contributed by atoms with E-state index in [2.05, 4.69) is 16.7 Å². The molecule has 1 atom stereocenters. The number of benzene rings is 2. The lowest BCUT2D eigenvalue weighted by atomic mass is 9.95. The van der Waals surface area contributed by atoms with Crippen LogP contribution in [0.4, 0.5) is 0 Å². The predicted octanol–water partition coefficient (Wildman–Crippen LogP) is 2.33. The van der Waals surface area contributed by atoms with Crippen molar-refractivity contribution >= 4 is 11.8 Å². The zero-order valence-electron chi connectivity index (χ0n) is 15.1. The van der Waals surface area contributed by atoms with E-state index in [1.807, 2.05) is 18.2 Å². The molecule has 1 aliphatic rings. The van der Waals surface area contributed by atoms with Crippen LogP contribution in [0.3, 0.4) is 0 Å². The standard InChI is InChI=1S/C21H24N2O4/c24-17-7-3-6-16(13-17)21(26)23-11-4-10-22-20(25)14-19-18-8-2-1-5-15(18)9-12-27-19/h1-3,5-8,13,19,24H,4,9-12,14H2,(H,22,25)(H,23,26)/t19-/m0/s1. The Balaban J connectivity index is 1.36. The summed E-state index contributed by atoms with van der Waals surface area (Å²) in [5, 5.41) is 15.0. The molecule has 6 heteroatoms. The molecule has 2 aromatic carbocycles. The molecule has 0 bridgehead atoms. The summed E-state index contributed by atoms with van der Waals surface area (Å²) in [6.07, 6.45) is 1.61. The molecule has 0 radical (unpaired) electrons. The van der Waals surface area contributed by atoms with Crippen LogP contribution in [0.5, 0.6) is 5.75 Å². The monoisotopic (exact) mass is 368 g/mol. The Bertz CT molecular complexity index is 806. The molecule has 0 aromatic heterocycles. The van der Waals surface area contributed by atoms with Gasteiger partial charge in [0.25, 0.3) is 5.91 Å². The number of carbonyl (C=O) groups excluding carboxylic acids is 2. The van der Waals surface area contributed by atoms with E-state index >= 15 is 0 Å². The molecule has 2 aromatic rings. The molecule has 3 rings (SSSR count). The van der Waals surface area contributed by atoms with E-state index in [-0.39, 0.29) is 23.7 Å². The van der Waals surface area contributed by atoms with Crippen LogP contribution in [-0.4, -0.2) is 36.6 Å². The summed E-state index contributed by atoms with van der Waals surface area (Å²) in [6.45, 7) is 1.56. The first-order valence-electron chi connectivity index (χ1n) is 9.17. The average Bonchev–Trinajstić information content (AvgIpc) is 2.68. The highest BCUT2D eigenvalue weighted by Crippen LogP contribution is 2.29. The number of hydrogen-bond acceptors (Lipinski definition) is 4. The first-order chi connectivity index (χ1) is 13.1. The third kappa shape index (κ3) is 5.31. The minimum absolute atomic E-state index is 0.0569. The Morgan fingerprint density at radius 3 is 2.74 bits per heavy atom. The van der Waals surface area contributed by atoms with Crippen molar-refractivity contribution in [3.05, 3.63) is 65.2 Å². The maximum absolute atomic E-state index is 12.2. The number of hydrogen-bond donors (Lipinski definition) is 3. The van der Waals surface area contributed by atoms with Crippen LogP contribution in [0.15, 0.2) is 48.5 Å². The van der Waals surface area contributed by atoms with Gasteiger partial charge in [-0.1, -0.05) is 30.3 Å². The zero-order valence-corrected chi connectivity index (χ0v) is 15.1. The van der Waals surface area contributed by atoms with Gasteiger partial charge in [0, 0.05) is 18.7 Å². The fourth-order valence-electron chi connectivity index (χ4n) is 3.15. The van der Waals surface area contributed by atoms with Crippen LogP contribution < -0.4 is 10.6 Å². The molecule has 0 aliphatic carbocycles. The number of carbonyl (C=O) groups is 2. The molecule has 142 valence electrons. The van der Waals surface area contributed by atoms with Gasteiger partial charge in [-0.05, 0) is 42.2 Å². The molecule has 6 nitrogen and oxygen atoms in total. The maximum Gasteiger partial charge on any atom is 0.251 e. The second-order valence-electron chi connectivity index (χ2n) is 6.52. The normalized spacial score (nSPS) is 15.6. The second-order valence-corrected chi connectivity index (χ2v) is 6.52. The van der Waals surface area contributed by atoms with Gasteiger partial charge in [0.1, 0.15) is 5.75 Å². The Labute approximate surface area is 158 Å². The molecule has 0 fully saturated rings. The fourth-order valence-corrected chi connectivity index (χ4v) is 3.15. The smallest absolute Gasteiger partial charge is 0.251 e. The van der Waals surface area contributed by atoms with Crippen molar-refractivity contribution in [2.45, 2.75) is 25.4 Å². The summed E-state index contributed by atoms with van der Waals surface area (Å²) in [5.74, 6) is -0.248. The van der Waals surface area contributed by atoms with Crippen molar-refractivity contribution in [1.29, 1.82) is 0 Å². The lowest BCUT2D eigenvalue weighted by Crippen LogP contribution is -2.31. The first kappa shape index (κ1) is 18.9. The number of aromatic hydroxyl groups is 1. The lowest BCUT2D eigenvalue weighted by Gasteiger charge is -2.25. The van der Waals surface area contributed by atoms with Crippen LogP contribution in [0.25, 0.3) is 0 Å². The van der Waals surface area contributed by atoms with Crippen molar-refractivity contribution in [3.63, 3.8) is 0 Å². The summed E-state index contributed by atoms with van der Waals surface area (Å²) in [5.41, 5.74) is 2.75. The summed E-state index contributed by atoms with van der Waals surface area (Å²) in [4.78, 5) is 24.1. The average molecular weight is 368 g/mol. The molecule has 2 amide bonds. The number of phenols is 1. The molecular formula is C21H24N2O4. The fraction of sp³-hybridized carbons (Fsp3) is 0.333. The number of ether oxygens (including phenoxy) is 1. The van der Waals surface area contributed by atoms with Crippen molar-refractivity contribution < 1.29 is 19.4 Å². The van der Waals surface area contributed by atoms with E-state index < -0.39 is 0 Å². The van der Waals surface area contributed by atoms with Crippen LogP contribution >= 0.6 is 0 Å². The van der Waals surface area contributed by atoms with Crippen molar-refractivity contribution in [2.24, 2.45) is 0 Å². The maximum atomic E-state index is 12.2. The molecule has 1 aliphatic heterocycles. The van der Waals surface area contributed by atoms with Crippen molar-refractivity contribution in [2.75, 3.05) is 19.7 Å². The Hall–Kier alpha value is -2.86. The van der Waals surface area contributed by atoms with E-state index in [1.165, 1.54) is 17.7 Å². The number of amides is 2. The highest BCUT2D eigenvalue weighted by Gasteiger charge is 2.22. The molecule has 27 heavy (non-hydrogen) atoms. The number of fused-ring (bicyclic) bond motifs is 1. The SMILES string of the molecule is O=C(C[C@@H]1OCCc2ccccc21)NCCCNC(=O)c1cccc(O)c1. The van der Waals surface area contributed by atoms with Crippen LogP contribution in [0.1, 0.15) is 40.4 Å². The predicted molar refractivity (Wildman–Crippen MR) is 102 cm³/mol. The van der Waals surface area contributed by atoms with Gasteiger partial charge in [0.05, 0.1) is 19.1 Å². The van der Waals surface area contributed by atoms with Gasteiger partial charge in [-0.3, -0.25) is 9.59 Å². The van der Waals surface area contributed by atoms with E-state index in [0.717, 1.165) is 12.0 Å². The molecule has 1 heterocycles. The zero-order chi connectivity index (χ0) is 19.1. The van der Waals surface area contributed by atoms with Gasteiger partial charge in [-0.15, -0.1) is 0 Å². The minimum Gasteiger partial charge on any atom is -0.508 e. The number of phenolic OH excluding ortho intramolecular Hbond substituents is 1. The summed E-state index contributed by atoms with van der Waals surface area (Å²) in [7, 11) is 0. The third-order valence-electron chi connectivity index (χ3n) is 4.53. The van der Waals surface area contributed by atoms with E-state index in [4.69, 9.17) is 4.74 Å². The molecule has 0 spiro atoms. The number of nitrogens with one attached hydrogen (secondary N) is 2. The Kier molecular flexibility index (Phi) is 6.44. The molecule has 0 saturated heterocycles. The summed E-state index contributed by atoms with van der Waals surface area (Å²) >= 11 is 0. The van der Waals surface area contributed by atoms with Gasteiger partial charge in [-0.2, -0.15) is 0 Å². The largest absolute Gasteiger partial charge is 0.508 e. The molecule has 3 N–H and O–H groups in total. The van der Waals surface area contributed by atoms with Crippen molar-refractivity contribution in [1.82, 2.24) is 10.6 Å². The van der Waals surface area contributed by atoms with Gasteiger partial charge in [0.15, 0.2) is 0 Å². The minimum atomic E-state index is -0.246. The van der Waals surface area contributed by atoms with Crippen molar-refractivity contribution in [3.8, 4) is 5.75 Å². The highest BCUT2D eigenvalue weighted by atomic mass is 16.5. The Morgan fingerprint density at radius 1 is 1.07 bits per heavy atom. The second kappa shape index (κ2) is 9.19. The number of rotatable bonds is 7. The van der Waals surface area contributed by atoms with Gasteiger partial charge >= 0.3 is 0 Å². The van der Waals surface area contributed by atoms with Crippen LogP contribution in [0.2, 0.25) is 0 Å². The molecule has 0 unspecified atom stereocenters. The molecular weight excluding hydrogens is 344 g/mol. The van der Waals surface area contributed by atoms with Gasteiger partial charge < -0.3 is 20.5 Å². The summed E-state index contributed by atoms with van der Waals surface area (Å²) in [6, 6.07) is 14.3. The van der Waals surface area contributed by atoms with E-state index in [0.29, 0.717) is 38.1 Å². The third-order valence-corrected chi connectivity index (χ3v) is 4.53. The van der Waals surface area contributed by atoms with Gasteiger partial charge in [0.2, 0.25) is 5.91 Å². The summed E-state index contributed by atoms with van der Waals surface area (Å²) < 4.78 is 5.75. The first-order valence-corrected chi connectivity index (χ1v) is 9.17.